The third kappa shape index (κ3) is 4.62. The van der Waals surface area contributed by atoms with Crippen molar-refractivity contribution in [2.24, 2.45) is 0 Å². The Hall–Kier alpha value is -3.32. The number of carbonyl (C=O) groups is 1. The van der Waals surface area contributed by atoms with Crippen LogP contribution in [0.25, 0.3) is 11.4 Å². The molecule has 0 aliphatic heterocycles. The summed E-state index contributed by atoms with van der Waals surface area (Å²) >= 11 is 1.42. The zero-order chi connectivity index (χ0) is 21.9. The van der Waals surface area contributed by atoms with Crippen LogP contribution in [0, 0.1) is 6.92 Å². The minimum absolute atomic E-state index is 0.00774. The van der Waals surface area contributed by atoms with E-state index in [1.54, 1.807) is 6.26 Å². The smallest absolute Gasteiger partial charge is 0.238 e. The van der Waals surface area contributed by atoms with Crippen LogP contribution in [0.3, 0.4) is 0 Å². The number of rotatable bonds is 8. The van der Waals surface area contributed by atoms with E-state index in [1.807, 2.05) is 59.2 Å². The summed E-state index contributed by atoms with van der Waals surface area (Å²) in [5, 5.41) is 12.4. The highest BCUT2D eigenvalue weighted by Gasteiger charge is 2.31. The first-order chi connectivity index (χ1) is 15.7. The fourth-order valence-electron chi connectivity index (χ4n) is 3.59. The van der Waals surface area contributed by atoms with Gasteiger partial charge in [-0.3, -0.25) is 9.36 Å². The van der Waals surface area contributed by atoms with Crippen LogP contribution in [-0.4, -0.2) is 26.7 Å². The van der Waals surface area contributed by atoms with Gasteiger partial charge in [-0.25, -0.2) is 0 Å². The van der Waals surface area contributed by atoms with E-state index in [2.05, 4.69) is 34.6 Å². The third-order valence-electron chi connectivity index (χ3n) is 5.37. The number of furan rings is 1. The van der Waals surface area contributed by atoms with E-state index >= 15 is 0 Å². The second-order valence-electron chi connectivity index (χ2n) is 8.03. The molecule has 2 aromatic carbocycles. The van der Waals surface area contributed by atoms with Gasteiger partial charge in [0.15, 0.2) is 11.0 Å². The number of nitrogens with one attached hydrogen (secondary N) is 1. The van der Waals surface area contributed by atoms with Crippen molar-refractivity contribution < 1.29 is 9.21 Å². The number of hydrogen-bond donors (Lipinski definition) is 1. The third-order valence-corrected chi connectivity index (χ3v) is 6.61. The number of thioether (sulfide) groups is 1. The van der Waals surface area contributed by atoms with Crippen molar-refractivity contribution in [3.8, 4) is 11.4 Å². The Bertz CT molecular complexity index is 1200. The summed E-state index contributed by atoms with van der Waals surface area (Å²) in [4.78, 5) is 13.1. The molecule has 1 atom stereocenters. The van der Waals surface area contributed by atoms with Gasteiger partial charge in [-0.1, -0.05) is 65.9 Å². The summed E-state index contributed by atoms with van der Waals surface area (Å²) in [6, 6.07) is 22.1. The van der Waals surface area contributed by atoms with E-state index in [0.29, 0.717) is 11.7 Å². The van der Waals surface area contributed by atoms with Crippen LogP contribution in [0.15, 0.2) is 82.6 Å². The molecule has 2 aromatic heterocycles. The number of amides is 1. The van der Waals surface area contributed by atoms with Crippen LogP contribution in [0.1, 0.15) is 35.0 Å². The van der Waals surface area contributed by atoms with Crippen molar-refractivity contribution in [1.29, 1.82) is 0 Å². The Morgan fingerprint density at radius 1 is 1.12 bits per heavy atom. The second-order valence-corrected chi connectivity index (χ2v) is 9.10. The molecule has 1 aliphatic carbocycles. The molecule has 0 unspecified atom stereocenters. The molecule has 0 saturated heterocycles. The Kier molecular flexibility index (Phi) is 5.81. The van der Waals surface area contributed by atoms with Gasteiger partial charge in [-0.2, -0.15) is 0 Å². The van der Waals surface area contributed by atoms with Gasteiger partial charge in [0, 0.05) is 11.6 Å². The van der Waals surface area contributed by atoms with Crippen LogP contribution in [0.5, 0.6) is 0 Å². The predicted molar refractivity (Wildman–Crippen MR) is 124 cm³/mol. The minimum atomic E-state index is -0.415. The largest absolute Gasteiger partial charge is 0.467 e. The fraction of sp³-hybridized carbons (Fsp3) is 0.240. The molecule has 0 bridgehead atoms. The maximum absolute atomic E-state index is 13.1. The van der Waals surface area contributed by atoms with Crippen molar-refractivity contribution in [3.05, 3.63) is 89.9 Å². The van der Waals surface area contributed by atoms with E-state index in [4.69, 9.17) is 4.42 Å². The first-order valence-corrected chi connectivity index (χ1v) is 11.6. The fourth-order valence-corrected chi connectivity index (χ4v) is 4.63. The molecule has 0 spiro atoms. The zero-order valence-corrected chi connectivity index (χ0v) is 18.6. The van der Waals surface area contributed by atoms with Crippen molar-refractivity contribution in [2.75, 3.05) is 0 Å². The lowest BCUT2D eigenvalue weighted by atomic mass is 10.1. The van der Waals surface area contributed by atoms with E-state index < -0.39 is 5.25 Å². The summed E-state index contributed by atoms with van der Waals surface area (Å²) < 4.78 is 7.64. The van der Waals surface area contributed by atoms with Crippen LogP contribution in [-0.2, 0) is 11.3 Å². The molecule has 7 heteroatoms. The van der Waals surface area contributed by atoms with Crippen molar-refractivity contribution in [2.45, 2.75) is 42.8 Å². The zero-order valence-electron chi connectivity index (χ0n) is 17.8. The van der Waals surface area contributed by atoms with Crippen LogP contribution in [0.2, 0.25) is 0 Å². The van der Waals surface area contributed by atoms with E-state index in [9.17, 15) is 4.79 Å². The molecule has 162 valence electrons. The number of nitrogens with zero attached hydrogens (tertiary/aromatic N) is 3. The first-order valence-electron chi connectivity index (χ1n) is 10.7. The second kappa shape index (κ2) is 9.04. The molecule has 1 amide bonds. The lowest BCUT2D eigenvalue weighted by Crippen LogP contribution is -2.30. The number of hydrogen-bond acceptors (Lipinski definition) is 5. The van der Waals surface area contributed by atoms with E-state index in [0.717, 1.165) is 41.1 Å². The SMILES string of the molecule is Cc1cccc(-c2nnc(S[C@H](C(=O)NC3CC3)c3ccccc3)n2Cc2ccco2)c1. The highest BCUT2D eigenvalue weighted by molar-refractivity contribution is 8.00. The molecular weight excluding hydrogens is 420 g/mol. The number of aryl methyl sites for hydroxylation is 1. The minimum Gasteiger partial charge on any atom is -0.467 e. The highest BCUT2D eigenvalue weighted by atomic mass is 32.2. The van der Waals surface area contributed by atoms with Gasteiger partial charge in [0.25, 0.3) is 0 Å². The van der Waals surface area contributed by atoms with E-state index in [-0.39, 0.29) is 11.9 Å². The van der Waals surface area contributed by atoms with Gasteiger partial charge in [-0.05, 0) is 43.5 Å². The Labute approximate surface area is 191 Å². The molecule has 1 aliphatic rings. The molecular formula is C25H24N4O2S. The molecule has 0 radical (unpaired) electrons. The maximum atomic E-state index is 13.1. The molecule has 32 heavy (non-hydrogen) atoms. The van der Waals surface area contributed by atoms with E-state index in [1.165, 1.54) is 11.8 Å². The van der Waals surface area contributed by atoms with Crippen molar-refractivity contribution in [1.82, 2.24) is 20.1 Å². The Morgan fingerprint density at radius 2 is 1.97 bits per heavy atom. The molecule has 6 nitrogen and oxygen atoms in total. The molecule has 1 N–H and O–H groups in total. The standard InChI is InChI=1S/C25H24N4O2S/c1-17-7-5-10-19(15-17)23-27-28-25(29(23)16-21-11-6-14-31-21)32-22(18-8-3-2-4-9-18)24(30)26-20-12-13-20/h2-11,14-15,20,22H,12-13,16H2,1H3,(H,26,30)/t22-/m0/s1. The first kappa shape index (κ1) is 20.6. The summed E-state index contributed by atoms with van der Waals surface area (Å²) in [6.07, 6.45) is 3.75. The van der Waals surface area contributed by atoms with Crippen LogP contribution in [0.4, 0.5) is 0 Å². The number of carbonyl (C=O) groups excluding carboxylic acids is 1. The lowest BCUT2D eigenvalue weighted by Gasteiger charge is -2.17. The Morgan fingerprint density at radius 3 is 2.69 bits per heavy atom. The maximum Gasteiger partial charge on any atom is 0.238 e. The molecule has 4 aromatic rings. The van der Waals surface area contributed by atoms with Crippen molar-refractivity contribution in [3.63, 3.8) is 0 Å². The van der Waals surface area contributed by atoms with Gasteiger partial charge >= 0.3 is 0 Å². The summed E-state index contributed by atoms with van der Waals surface area (Å²) in [5.41, 5.74) is 3.07. The number of aromatic nitrogens is 3. The topological polar surface area (TPSA) is 73.0 Å². The van der Waals surface area contributed by atoms with Crippen LogP contribution < -0.4 is 5.32 Å². The Balaban J connectivity index is 1.52. The number of benzene rings is 2. The molecule has 2 heterocycles. The predicted octanol–water partition coefficient (Wildman–Crippen LogP) is 5.01. The van der Waals surface area contributed by atoms with Gasteiger partial charge in [0.05, 0.1) is 12.8 Å². The summed E-state index contributed by atoms with van der Waals surface area (Å²) in [5.74, 6) is 1.56. The average molecular weight is 445 g/mol. The lowest BCUT2D eigenvalue weighted by molar-refractivity contribution is -0.120. The average Bonchev–Trinajstić information content (AvgIpc) is 3.30. The monoisotopic (exact) mass is 444 g/mol. The summed E-state index contributed by atoms with van der Waals surface area (Å²) in [6.45, 7) is 2.54. The van der Waals surface area contributed by atoms with Gasteiger partial charge in [-0.15, -0.1) is 10.2 Å². The van der Waals surface area contributed by atoms with Gasteiger partial charge in [0.2, 0.25) is 5.91 Å². The quantitative estimate of drug-likeness (QED) is 0.387. The van der Waals surface area contributed by atoms with Crippen molar-refractivity contribution >= 4 is 17.7 Å². The van der Waals surface area contributed by atoms with Gasteiger partial charge in [0.1, 0.15) is 11.0 Å². The van der Waals surface area contributed by atoms with Crippen LogP contribution >= 0.6 is 11.8 Å². The molecule has 1 saturated carbocycles. The van der Waals surface area contributed by atoms with Gasteiger partial charge < -0.3 is 9.73 Å². The molecule has 1 fully saturated rings. The highest BCUT2D eigenvalue weighted by Crippen LogP contribution is 2.37. The summed E-state index contributed by atoms with van der Waals surface area (Å²) in [7, 11) is 0. The molecule has 5 rings (SSSR count). The normalized spacial score (nSPS) is 14.3.